The Hall–Kier alpha value is -0.970. The summed E-state index contributed by atoms with van der Waals surface area (Å²) in [6.07, 6.45) is 0.475. The van der Waals surface area contributed by atoms with Crippen molar-refractivity contribution in [3.8, 4) is 5.75 Å². The van der Waals surface area contributed by atoms with E-state index < -0.39 is 0 Å². The topological polar surface area (TPSA) is 61.4 Å². The van der Waals surface area contributed by atoms with Crippen molar-refractivity contribution in [2.75, 3.05) is 18.4 Å². The fraction of sp³-hybridized carbons (Fsp3) is 0.364. The van der Waals surface area contributed by atoms with E-state index in [0.29, 0.717) is 18.0 Å². The molecule has 0 radical (unpaired) electrons. The molecule has 17 heavy (non-hydrogen) atoms. The van der Waals surface area contributed by atoms with Crippen LogP contribution < -0.4 is 10.6 Å². The van der Waals surface area contributed by atoms with Gasteiger partial charge in [-0.2, -0.15) is 0 Å². The number of carbonyl (C=O) groups excluding carboxylic acids is 1. The molecule has 1 amide bonds. The molecule has 0 bridgehead atoms. The second-order valence-corrected chi connectivity index (χ2v) is 4.88. The van der Waals surface area contributed by atoms with E-state index in [4.69, 9.17) is 23.2 Å². The van der Waals surface area contributed by atoms with Crippen molar-refractivity contribution in [3.63, 3.8) is 0 Å². The number of phenolic OH excluding ortho intramolecular Hbond substituents is 1. The molecule has 92 valence electrons. The molecule has 2 rings (SSSR count). The molecule has 1 aromatic rings. The Balaban J connectivity index is 2.00. The Labute approximate surface area is 109 Å². The summed E-state index contributed by atoms with van der Waals surface area (Å²) in [4.78, 5) is 11.6. The number of phenols is 1. The quantitative estimate of drug-likeness (QED) is 0.741. The monoisotopic (exact) mass is 274 g/mol. The molecule has 1 aliphatic rings. The molecule has 0 saturated carbocycles. The van der Waals surface area contributed by atoms with Crippen molar-refractivity contribution in [1.29, 1.82) is 0 Å². The minimum atomic E-state index is -0.172. The molecule has 4 nitrogen and oxygen atoms in total. The van der Waals surface area contributed by atoms with E-state index >= 15 is 0 Å². The molecule has 0 spiro atoms. The number of halogens is 2. The zero-order valence-corrected chi connectivity index (χ0v) is 10.5. The number of carbonyl (C=O) groups is 1. The highest BCUT2D eigenvalue weighted by Crippen LogP contribution is 2.34. The van der Waals surface area contributed by atoms with Gasteiger partial charge in [0, 0.05) is 12.1 Å². The normalized spacial score (nSPS) is 15.4. The molecule has 0 aliphatic carbocycles. The molecule has 0 atom stereocenters. The predicted octanol–water partition coefficient (Wildman–Crippen LogP) is 2.25. The summed E-state index contributed by atoms with van der Waals surface area (Å²) in [6.45, 7) is 1.76. The van der Waals surface area contributed by atoms with Crippen LogP contribution in [0.25, 0.3) is 0 Å². The van der Waals surface area contributed by atoms with Crippen molar-refractivity contribution in [1.82, 2.24) is 5.32 Å². The lowest BCUT2D eigenvalue weighted by molar-refractivity contribution is -0.117. The summed E-state index contributed by atoms with van der Waals surface area (Å²) < 4.78 is 0. The number of aromatic hydroxyl groups is 1. The van der Waals surface area contributed by atoms with Gasteiger partial charge in [0.15, 0.2) is 5.75 Å². The van der Waals surface area contributed by atoms with Crippen LogP contribution in [0.3, 0.4) is 0 Å². The first-order valence-electron chi connectivity index (χ1n) is 5.25. The Morgan fingerprint density at radius 2 is 2.00 bits per heavy atom. The van der Waals surface area contributed by atoms with Gasteiger partial charge in [-0.15, -0.1) is 0 Å². The molecular formula is C11H12Cl2N2O2. The maximum Gasteiger partial charge on any atom is 0.224 e. The van der Waals surface area contributed by atoms with Crippen molar-refractivity contribution in [3.05, 3.63) is 22.2 Å². The molecule has 1 heterocycles. The summed E-state index contributed by atoms with van der Waals surface area (Å²) in [6, 6.07) is 2.94. The summed E-state index contributed by atoms with van der Waals surface area (Å²) in [5, 5.41) is 15.4. The summed E-state index contributed by atoms with van der Waals surface area (Å²) in [7, 11) is 0. The van der Waals surface area contributed by atoms with Gasteiger partial charge in [0.05, 0.1) is 10.0 Å². The fourth-order valence-electron chi connectivity index (χ4n) is 1.60. The smallest absolute Gasteiger partial charge is 0.224 e. The van der Waals surface area contributed by atoms with Gasteiger partial charge in [0.2, 0.25) is 5.91 Å². The van der Waals surface area contributed by atoms with E-state index in [9.17, 15) is 9.90 Å². The number of benzene rings is 1. The Kier molecular flexibility index (Phi) is 3.76. The van der Waals surface area contributed by atoms with Gasteiger partial charge in [-0.3, -0.25) is 4.79 Å². The van der Waals surface area contributed by atoms with Gasteiger partial charge in [-0.1, -0.05) is 23.2 Å². The molecule has 0 unspecified atom stereocenters. The average molecular weight is 275 g/mol. The van der Waals surface area contributed by atoms with Gasteiger partial charge in [0.25, 0.3) is 0 Å². The summed E-state index contributed by atoms with van der Waals surface area (Å²) in [5.74, 6) is 0.155. The third kappa shape index (κ3) is 3.03. The van der Waals surface area contributed by atoms with Crippen molar-refractivity contribution in [2.24, 2.45) is 5.92 Å². The lowest BCUT2D eigenvalue weighted by Crippen LogP contribution is -2.43. The lowest BCUT2D eigenvalue weighted by Gasteiger charge is -2.26. The number of anilines is 1. The van der Waals surface area contributed by atoms with Gasteiger partial charge in [-0.25, -0.2) is 0 Å². The first-order chi connectivity index (χ1) is 8.06. The lowest BCUT2D eigenvalue weighted by atomic mass is 9.99. The molecule has 1 saturated heterocycles. The van der Waals surface area contributed by atoms with E-state index in [0.717, 1.165) is 13.1 Å². The predicted molar refractivity (Wildman–Crippen MR) is 67.7 cm³/mol. The zero-order chi connectivity index (χ0) is 12.4. The highest BCUT2D eigenvalue weighted by Gasteiger charge is 2.20. The van der Waals surface area contributed by atoms with Crippen LogP contribution in [0.2, 0.25) is 10.0 Å². The van der Waals surface area contributed by atoms with Crippen LogP contribution in [-0.4, -0.2) is 24.1 Å². The van der Waals surface area contributed by atoms with Crippen LogP contribution in [0.15, 0.2) is 12.1 Å². The number of hydrogen-bond acceptors (Lipinski definition) is 3. The Morgan fingerprint density at radius 3 is 2.47 bits per heavy atom. The number of rotatable bonds is 3. The number of hydrogen-bond donors (Lipinski definition) is 3. The molecule has 0 aromatic heterocycles. The van der Waals surface area contributed by atoms with Gasteiger partial charge < -0.3 is 15.7 Å². The molecule has 6 heteroatoms. The van der Waals surface area contributed by atoms with Crippen molar-refractivity contribution in [2.45, 2.75) is 6.42 Å². The van der Waals surface area contributed by atoms with Gasteiger partial charge in [0.1, 0.15) is 0 Å². The molecule has 1 fully saturated rings. The highest BCUT2D eigenvalue weighted by atomic mass is 35.5. The maximum atomic E-state index is 11.6. The maximum absolute atomic E-state index is 11.6. The minimum Gasteiger partial charge on any atom is -0.505 e. The molecular weight excluding hydrogens is 263 g/mol. The SMILES string of the molecule is O=C(CC1CNC1)Nc1cc(Cl)c(O)c(Cl)c1. The Bertz CT molecular complexity index is 424. The molecule has 3 N–H and O–H groups in total. The molecule has 1 aliphatic heterocycles. The first kappa shape index (κ1) is 12.5. The minimum absolute atomic E-state index is 0.0747. The van der Waals surface area contributed by atoms with Crippen LogP contribution in [0.1, 0.15) is 6.42 Å². The van der Waals surface area contributed by atoms with Crippen molar-refractivity contribution < 1.29 is 9.90 Å². The number of amides is 1. The van der Waals surface area contributed by atoms with Gasteiger partial charge >= 0.3 is 0 Å². The highest BCUT2D eigenvalue weighted by molar-refractivity contribution is 6.37. The van der Waals surface area contributed by atoms with E-state index in [1.807, 2.05) is 0 Å². The van der Waals surface area contributed by atoms with Crippen LogP contribution in [0.4, 0.5) is 5.69 Å². The van der Waals surface area contributed by atoms with Gasteiger partial charge in [-0.05, 0) is 31.1 Å². The van der Waals surface area contributed by atoms with Crippen LogP contribution in [0, 0.1) is 5.92 Å². The second kappa shape index (κ2) is 5.12. The van der Waals surface area contributed by atoms with Crippen LogP contribution in [-0.2, 0) is 4.79 Å². The van der Waals surface area contributed by atoms with E-state index in [1.54, 1.807) is 0 Å². The van der Waals surface area contributed by atoms with Crippen LogP contribution in [0.5, 0.6) is 5.75 Å². The number of nitrogens with one attached hydrogen (secondary N) is 2. The zero-order valence-electron chi connectivity index (χ0n) is 8.96. The second-order valence-electron chi connectivity index (χ2n) is 4.07. The Morgan fingerprint density at radius 1 is 1.41 bits per heavy atom. The van der Waals surface area contributed by atoms with E-state index in [2.05, 4.69) is 10.6 Å². The summed E-state index contributed by atoms with van der Waals surface area (Å²) >= 11 is 11.5. The first-order valence-corrected chi connectivity index (χ1v) is 6.00. The third-order valence-electron chi connectivity index (χ3n) is 2.64. The van der Waals surface area contributed by atoms with Crippen molar-refractivity contribution >= 4 is 34.8 Å². The van der Waals surface area contributed by atoms with E-state index in [1.165, 1.54) is 12.1 Å². The largest absolute Gasteiger partial charge is 0.505 e. The van der Waals surface area contributed by atoms with E-state index in [-0.39, 0.29) is 21.7 Å². The van der Waals surface area contributed by atoms with Crippen LogP contribution >= 0.6 is 23.2 Å². The molecule has 1 aromatic carbocycles. The third-order valence-corrected chi connectivity index (χ3v) is 3.22. The summed E-state index contributed by atoms with van der Waals surface area (Å²) in [5.41, 5.74) is 0.495. The average Bonchev–Trinajstić information content (AvgIpc) is 2.20. The fourth-order valence-corrected chi connectivity index (χ4v) is 2.09. The standard InChI is InChI=1S/C11H12Cl2N2O2/c12-8-2-7(3-9(13)11(8)17)15-10(16)1-6-4-14-5-6/h2-3,6,14,17H,1,4-5H2,(H,15,16).